The smallest absolute Gasteiger partial charge is 0.301 e. The van der Waals surface area contributed by atoms with Gasteiger partial charge in [0.2, 0.25) is 0 Å². The fraction of sp³-hybridized carbons (Fsp3) is 0.500. The van der Waals surface area contributed by atoms with Crippen molar-refractivity contribution < 1.29 is 13.2 Å². The first-order valence-corrected chi connectivity index (χ1v) is 7.40. The molecule has 2 atom stereocenters. The van der Waals surface area contributed by atoms with Gasteiger partial charge in [0.1, 0.15) is 0 Å². The normalized spacial score (nSPS) is 25.9. The van der Waals surface area contributed by atoms with Gasteiger partial charge in [-0.2, -0.15) is 12.7 Å². The van der Waals surface area contributed by atoms with E-state index in [0.717, 1.165) is 0 Å². The zero-order valence-electron chi connectivity index (χ0n) is 10.5. The van der Waals surface area contributed by atoms with E-state index in [9.17, 15) is 8.42 Å². The number of nitrogens with zero attached hydrogens (tertiary/aromatic N) is 1. The summed E-state index contributed by atoms with van der Waals surface area (Å²) >= 11 is 0. The van der Waals surface area contributed by atoms with Crippen molar-refractivity contribution in [3.63, 3.8) is 0 Å². The van der Waals surface area contributed by atoms with Gasteiger partial charge in [0.25, 0.3) is 0 Å². The number of ether oxygens (including phenoxy) is 1. The Hall–Kier alpha value is -1.11. The number of nitrogens with one attached hydrogen (secondary N) is 1. The van der Waals surface area contributed by atoms with Crippen LogP contribution >= 0.6 is 0 Å². The molecule has 1 aliphatic rings. The van der Waals surface area contributed by atoms with Crippen molar-refractivity contribution in [2.45, 2.75) is 26.1 Å². The predicted octanol–water partition coefficient (Wildman–Crippen LogP) is 1.45. The van der Waals surface area contributed by atoms with Crippen molar-refractivity contribution in [3.8, 4) is 0 Å². The minimum atomic E-state index is -3.50. The maximum absolute atomic E-state index is 12.2. The first kappa shape index (κ1) is 13.3. The molecule has 1 aliphatic heterocycles. The topological polar surface area (TPSA) is 58.6 Å². The zero-order valence-corrected chi connectivity index (χ0v) is 11.4. The highest BCUT2D eigenvalue weighted by atomic mass is 32.2. The molecule has 0 spiro atoms. The van der Waals surface area contributed by atoms with E-state index in [1.807, 2.05) is 19.9 Å². The quantitative estimate of drug-likeness (QED) is 0.904. The summed E-state index contributed by atoms with van der Waals surface area (Å²) in [6.07, 6.45) is -0.165. The minimum Gasteiger partial charge on any atom is -0.373 e. The van der Waals surface area contributed by atoms with Gasteiger partial charge in [-0.15, -0.1) is 0 Å². The lowest BCUT2D eigenvalue weighted by molar-refractivity contribution is -0.0439. The number of morpholine rings is 1. The average Bonchev–Trinajstić information content (AvgIpc) is 2.28. The fourth-order valence-electron chi connectivity index (χ4n) is 2.05. The SMILES string of the molecule is CC1CN(S(=O)(=O)Nc2ccccc2)CC(C)O1. The van der Waals surface area contributed by atoms with Crippen LogP contribution in [0, 0.1) is 0 Å². The van der Waals surface area contributed by atoms with E-state index in [4.69, 9.17) is 4.74 Å². The Morgan fingerprint density at radius 3 is 2.28 bits per heavy atom. The van der Waals surface area contributed by atoms with Crippen molar-refractivity contribution in [1.82, 2.24) is 4.31 Å². The van der Waals surface area contributed by atoms with Crippen LogP contribution in [-0.4, -0.2) is 38.0 Å². The highest BCUT2D eigenvalue weighted by molar-refractivity contribution is 7.90. The zero-order chi connectivity index (χ0) is 13.2. The molecule has 18 heavy (non-hydrogen) atoms. The molecular formula is C12H18N2O3S. The second kappa shape index (κ2) is 5.26. The summed E-state index contributed by atoms with van der Waals surface area (Å²) in [5.41, 5.74) is 0.573. The van der Waals surface area contributed by atoms with Gasteiger partial charge in [0, 0.05) is 18.8 Å². The lowest BCUT2D eigenvalue weighted by Gasteiger charge is -2.34. The average molecular weight is 270 g/mol. The Balaban J connectivity index is 2.11. The van der Waals surface area contributed by atoms with Gasteiger partial charge in [-0.1, -0.05) is 18.2 Å². The second-order valence-electron chi connectivity index (χ2n) is 4.55. The van der Waals surface area contributed by atoms with Crippen LogP contribution in [0.15, 0.2) is 30.3 Å². The Kier molecular flexibility index (Phi) is 3.89. The van der Waals surface area contributed by atoms with Crippen LogP contribution in [0.2, 0.25) is 0 Å². The molecule has 1 aromatic rings. The molecule has 1 heterocycles. The van der Waals surface area contributed by atoms with Gasteiger partial charge < -0.3 is 4.74 Å². The van der Waals surface area contributed by atoms with Crippen LogP contribution < -0.4 is 4.72 Å². The largest absolute Gasteiger partial charge is 0.373 e. The van der Waals surface area contributed by atoms with Gasteiger partial charge >= 0.3 is 10.2 Å². The van der Waals surface area contributed by atoms with Crippen LogP contribution in [-0.2, 0) is 14.9 Å². The molecule has 5 nitrogen and oxygen atoms in total. The molecule has 1 aromatic carbocycles. The monoisotopic (exact) mass is 270 g/mol. The molecule has 0 aliphatic carbocycles. The molecule has 0 aromatic heterocycles. The standard InChI is InChI=1S/C12H18N2O3S/c1-10-8-14(9-11(2)17-10)18(15,16)13-12-6-4-3-5-7-12/h3-7,10-11,13H,8-9H2,1-2H3. The number of para-hydroxylation sites is 1. The third-order valence-corrected chi connectivity index (χ3v) is 4.22. The molecule has 0 saturated carbocycles. The van der Waals surface area contributed by atoms with E-state index in [0.29, 0.717) is 18.8 Å². The third-order valence-electron chi connectivity index (χ3n) is 2.75. The Bertz CT molecular complexity index is 479. The van der Waals surface area contributed by atoms with Gasteiger partial charge in [-0.25, -0.2) is 0 Å². The Morgan fingerprint density at radius 2 is 1.72 bits per heavy atom. The lowest BCUT2D eigenvalue weighted by Crippen LogP contribution is -2.49. The highest BCUT2D eigenvalue weighted by Gasteiger charge is 2.30. The molecular weight excluding hydrogens is 252 g/mol. The number of hydrogen-bond donors (Lipinski definition) is 1. The first-order chi connectivity index (χ1) is 8.47. The van der Waals surface area contributed by atoms with E-state index in [-0.39, 0.29) is 12.2 Å². The van der Waals surface area contributed by atoms with Crippen LogP contribution in [0.25, 0.3) is 0 Å². The minimum absolute atomic E-state index is 0.0823. The number of anilines is 1. The molecule has 2 rings (SSSR count). The summed E-state index contributed by atoms with van der Waals surface area (Å²) in [6, 6.07) is 8.89. The summed E-state index contributed by atoms with van der Waals surface area (Å²) in [5, 5.41) is 0. The summed E-state index contributed by atoms with van der Waals surface area (Å²) in [4.78, 5) is 0. The molecule has 1 fully saturated rings. The third kappa shape index (κ3) is 3.22. The summed E-state index contributed by atoms with van der Waals surface area (Å²) in [6.45, 7) is 4.51. The molecule has 1 N–H and O–H groups in total. The van der Waals surface area contributed by atoms with Crippen molar-refractivity contribution >= 4 is 15.9 Å². The molecule has 1 saturated heterocycles. The van der Waals surface area contributed by atoms with E-state index < -0.39 is 10.2 Å². The molecule has 0 radical (unpaired) electrons. The second-order valence-corrected chi connectivity index (χ2v) is 6.22. The summed E-state index contributed by atoms with van der Waals surface area (Å²) in [7, 11) is -3.50. The predicted molar refractivity (Wildman–Crippen MR) is 70.6 cm³/mol. The van der Waals surface area contributed by atoms with Gasteiger partial charge in [0.05, 0.1) is 12.2 Å². The summed E-state index contributed by atoms with van der Waals surface area (Å²) in [5.74, 6) is 0. The number of rotatable bonds is 3. The Labute approximate surface area is 108 Å². The van der Waals surface area contributed by atoms with Gasteiger partial charge in [-0.05, 0) is 26.0 Å². The first-order valence-electron chi connectivity index (χ1n) is 5.96. The Morgan fingerprint density at radius 1 is 1.17 bits per heavy atom. The molecule has 0 amide bonds. The van der Waals surface area contributed by atoms with E-state index in [1.54, 1.807) is 24.3 Å². The fourth-order valence-corrected chi connectivity index (χ4v) is 3.42. The molecule has 100 valence electrons. The maximum atomic E-state index is 12.2. The van der Waals surface area contributed by atoms with E-state index in [2.05, 4.69) is 4.72 Å². The van der Waals surface area contributed by atoms with Gasteiger partial charge in [-0.3, -0.25) is 4.72 Å². The van der Waals surface area contributed by atoms with Crippen molar-refractivity contribution in [3.05, 3.63) is 30.3 Å². The lowest BCUT2D eigenvalue weighted by atomic mass is 10.3. The number of benzene rings is 1. The maximum Gasteiger partial charge on any atom is 0.301 e. The van der Waals surface area contributed by atoms with E-state index in [1.165, 1.54) is 4.31 Å². The highest BCUT2D eigenvalue weighted by Crippen LogP contribution is 2.17. The molecule has 0 bridgehead atoms. The molecule has 2 unspecified atom stereocenters. The summed E-state index contributed by atoms with van der Waals surface area (Å²) < 4.78 is 33.9. The van der Waals surface area contributed by atoms with Gasteiger partial charge in [0.15, 0.2) is 0 Å². The number of hydrogen-bond acceptors (Lipinski definition) is 3. The van der Waals surface area contributed by atoms with Crippen molar-refractivity contribution in [2.75, 3.05) is 17.8 Å². The van der Waals surface area contributed by atoms with Crippen molar-refractivity contribution in [2.24, 2.45) is 0 Å². The van der Waals surface area contributed by atoms with E-state index >= 15 is 0 Å². The van der Waals surface area contributed by atoms with Crippen LogP contribution in [0.4, 0.5) is 5.69 Å². The van der Waals surface area contributed by atoms with Crippen LogP contribution in [0.1, 0.15) is 13.8 Å². The van der Waals surface area contributed by atoms with Crippen LogP contribution in [0.3, 0.4) is 0 Å². The van der Waals surface area contributed by atoms with Crippen LogP contribution in [0.5, 0.6) is 0 Å². The molecule has 6 heteroatoms. The van der Waals surface area contributed by atoms with Crippen molar-refractivity contribution in [1.29, 1.82) is 0 Å².